The molecule has 0 aromatic heterocycles. The van der Waals surface area contributed by atoms with Gasteiger partial charge in [0.05, 0.1) is 0 Å². The summed E-state index contributed by atoms with van der Waals surface area (Å²) in [6, 6.07) is 63.7. The van der Waals surface area contributed by atoms with Gasteiger partial charge in [0.1, 0.15) is 37.1 Å². The Morgan fingerprint density at radius 3 is 1.26 bits per heavy atom. The molecule has 0 amide bonds. The lowest BCUT2D eigenvalue weighted by Gasteiger charge is -2.56. The van der Waals surface area contributed by atoms with Gasteiger partial charge < -0.3 is 14.2 Å². The summed E-state index contributed by atoms with van der Waals surface area (Å²) in [4.78, 5) is 0. The Kier molecular flexibility index (Phi) is 14.1. The molecule has 0 radical (unpaired) electrons. The lowest BCUT2D eigenvalue weighted by atomic mass is 9.48. The molecule has 3 heteroatoms. The number of fused-ring (bicyclic) bond motifs is 1. The molecule has 2 fully saturated rings. The minimum absolute atomic E-state index is 0.291. The zero-order valence-electron chi connectivity index (χ0n) is 38.3. The molecule has 3 nitrogen and oxygen atoms in total. The Morgan fingerprint density at radius 2 is 0.833 bits per heavy atom. The van der Waals surface area contributed by atoms with Crippen LogP contribution in [0.4, 0.5) is 0 Å². The fraction of sp³-hybridized carbons (Fsp3) is 0.238. The Hall–Kier alpha value is -6.84. The highest BCUT2D eigenvalue weighted by atomic mass is 16.5. The Morgan fingerprint density at radius 1 is 0.424 bits per heavy atom. The summed E-state index contributed by atoms with van der Waals surface area (Å²) in [7, 11) is 0. The van der Waals surface area contributed by atoms with E-state index in [0.717, 1.165) is 63.5 Å². The minimum atomic E-state index is 0.291. The molecule has 7 aromatic rings. The zero-order chi connectivity index (χ0) is 45.2. The fourth-order valence-corrected chi connectivity index (χ4v) is 11.1. The molecule has 9 rings (SSSR count). The van der Waals surface area contributed by atoms with E-state index in [0.29, 0.717) is 61.2 Å². The maximum Gasteiger partial charge on any atom is 0.119 e. The van der Waals surface area contributed by atoms with Crippen molar-refractivity contribution in [1.82, 2.24) is 0 Å². The molecule has 2 saturated carbocycles. The number of ether oxygens (including phenoxy) is 3. The van der Waals surface area contributed by atoms with Crippen LogP contribution in [0, 0.1) is 23.7 Å². The van der Waals surface area contributed by atoms with Gasteiger partial charge >= 0.3 is 0 Å². The number of hydrogen-bond acceptors (Lipinski definition) is 3. The van der Waals surface area contributed by atoms with Crippen LogP contribution < -0.4 is 14.2 Å². The SMILES string of the molecule is C=Cc1ccc(COc2ccc(C3CC(c4ccc(OCc5ccc(C=C)cc5)cc4)C4C(Cc5ccccc5)CCC(C)C4C3c3ccc(OCc4ccc(C=C)cc4)cc3)cc2)cc1. The van der Waals surface area contributed by atoms with E-state index in [4.69, 9.17) is 14.2 Å². The highest BCUT2D eigenvalue weighted by Crippen LogP contribution is 2.62. The van der Waals surface area contributed by atoms with Crippen LogP contribution in [-0.2, 0) is 26.2 Å². The summed E-state index contributed by atoms with van der Waals surface area (Å²) in [5.74, 6) is 5.74. The third kappa shape index (κ3) is 10.5. The molecule has 66 heavy (non-hydrogen) atoms. The smallest absolute Gasteiger partial charge is 0.119 e. The first-order chi connectivity index (χ1) is 32.4. The molecule has 7 unspecified atom stereocenters. The Bertz CT molecular complexity index is 2650. The second-order valence-corrected chi connectivity index (χ2v) is 18.5. The lowest BCUT2D eigenvalue weighted by molar-refractivity contribution is 0.0131. The van der Waals surface area contributed by atoms with Gasteiger partial charge in [0, 0.05) is 0 Å². The third-order valence-electron chi connectivity index (χ3n) is 14.5. The van der Waals surface area contributed by atoms with Crippen LogP contribution in [0.1, 0.15) is 99.6 Å². The van der Waals surface area contributed by atoms with Crippen LogP contribution >= 0.6 is 0 Å². The summed E-state index contributed by atoms with van der Waals surface area (Å²) in [6.45, 7) is 15.8. The predicted molar refractivity (Wildman–Crippen MR) is 274 cm³/mol. The quantitative estimate of drug-likeness (QED) is 0.0913. The highest BCUT2D eigenvalue weighted by Gasteiger charge is 2.52. The molecule has 0 heterocycles. The van der Waals surface area contributed by atoms with Gasteiger partial charge in [-0.05, 0) is 153 Å². The van der Waals surface area contributed by atoms with Gasteiger partial charge in [0.25, 0.3) is 0 Å². The van der Waals surface area contributed by atoms with Crippen LogP contribution in [0.5, 0.6) is 17.2 Å². The maximum atomic E-state index is 6.39. The normalized spacial score (nSPS) is 21.2. The second-order valence-electron chi connectivity index (χ2n) is 18.5. The molecular formula is C63H62O3. The van der Waals surface area contributed by atoms with Gasteiger partial charge in [-0.1, -0.05) is 191 Å². The van der Waals surface area contributed by atoms with E-state index in [9.17, 15) is 0 Å². The van der Waals surface area contributed by atoms with Crippen LogP contribution in [0.3, 0.4) is 0 Å². The molecule has 0 bridgehead atoms. The van der Waals surface area contributed by atoms with Crippen molar-refractivity contribution in [3.8, 4) is 17.2 Å². The number of hydrogen-bond donors (Lipinski definition) is 0. The van der Waals surface area contributed by atoms with E-state index in [2.05, 4.69) is 203 Å². The molecule has 0 saturated heterocycles. The summed E-state index contributed by atoms with van der Waals surface area (Å²) in [5.41, 5.74) is 12.4. The van der Waals surface area contributed by atoms with Crippen molar-refractivity contribution in [3.05, 3.63) is 251 Å². The van der Waals surface area contributed by atoms with Crippen molar-refractivity contribution < 1.29 is 14.2 Å². The van der Waals surface area contributed by atoms with Crippen molar-refractivity contribution in [3.63, 3.8) is 0 Å². The summed E-state index contributed by atoms with van der Waals surface area (Å²) < 4.78 is 19.1. The fourth-order valence-electron chi connectivity index (χ4n) is 11.1. The molecule has 332 valence electrons. The molecule has 2 aliphatic carbocycles. The summed E-state index contributed by atoms with van der Waals surface area (Å²) in [5, 5.41) is 0. The molecule has 0 spiro atoms. The maximum absolute atomic E-state index is 6.39. The molecule has 0 aliphatic heterocycles. The van der Waals surface area contributed by atoms with Gasteiger partial charge in [0.15, 0.2) is 0 Å². The Labute approximate surface area is 393 Å². The molecule has 7 atom stereocenters. The van der Waals surface area contributed by atoms with Crippen molar-refractivity contribution in [2.24, 2.45) is 23.7 Å². The number of rotatable bonds is 17. The Balaban J connectivity index is 1.05. The lowest BCUT2D eigenvalue weighted by Crippen LogP contribution is -2.46. The van der Waals surface area contributed by atoms with Gasteiger partial charge in [-0.15, -0.1) is 0 Å². The van der Waals surface area contributed by atoms with Crippen molar-refractivity contribution >= 4 is 18.2 Å². The average molecular weight is 867 g/mol. The van der Waals surface area contributed by atoms with E-state index in [1.165, 1.54) is 35.1 Å². The third-order valence-corrected chi connectivity index (χ3v) is 14.5. The van der Waals surface area contributed by atoms with Crippen molar-refractivity contribution in [1.29, 1.82) is 0 Å². The standard InChI is InChI=1S/C63H62O3/c1-5-45-14-20-49(21-15-45)41-64-56-33-27-52(28-34-56)59-40-60(53-29-35-57(36-30-53)65-42-50-22-16-46(6-2)17-23-50)63-55(39-48-11-9-8-10-12-48)26-13-44(4)61(63)62(59)54-31-37-58(38-32-54)66-43-51-24-18-47(7-3)19-25-51/h5-12,14-25,27-38,44,55,59-63H,1-3,13,26,39-43H2,4H3. The first-order valence-corrected chi connectivity index (χ1v) is 23.8. The van der Waals surface area contributed by atoms with E-state index < -0.39 is 0 Å². The topological polar surface area (TPSA) is 27.7 Å². The largest absolute Gasteiger partial charge is 0.489 e. The molecular weight excluding hydrogens is 805 g/mol. The predicted octanol–water partition coefficient (Wildman–Crippen LogP) is 15.9. The van der Waals surface area contributed by atoms with Crippen LogP contribution in [0.2, 0.25) is 0 Å². The number of benzene rings is 7. The molecule has 2 aliphatic rings. The van der Waals surface area contributed by atoms with Crippen molar-refractivity contribution in [2.75, 3.05) is 0 Å². The van der Waals surface area contributed by atoms with Crippen LogP contribution in [0.15, 0.2) is 196 Å². The first-order valence-electron chi connectivity index (χ1n) is 23.8. The van der Waals surface area contributed by atoms with E-state index >= 15 is 0 Å². The van der Waals surface area contributed by atoms with Crippen molar-refractivity contribution in [2.45, 2.75) is 70.2 Å². The average Bonchev–Trinajstić information content (AvgIpc) is 3.38. The molecule has 0 N–H and O–H groups in total. The zero-order valence-corrected chi connectivity index (χ0v) is 38.3. The summed E-state index contributed by atoms with van der Waals surface area (Å²) in [6.07, 6.45) is 10.2. The van der Waals surface area contributed by atoms with Gasteiger partial charge in [0.2, 0.25) is 0 Å². The molecule has 7 aromatic carbocycles. The van der Waals surface area contributed by atoms with Crippen LogP contribution in [0.25, 0.3) is 18.2 Å². The van der Waals surface area contributed by atoms with Gasteiger partial charge in [-0.25, -0.2) is 0 Å². The second kappa shape index (κ2) is 21.0. The van der Waals surface area contributed by atoms with Crippen LogP contribution in [-0.4, -0.2) is 0 Å². The summed E-state index contributed by atoms with van der Waals surface area (Å²) >= 11 is 0. The van der Waals surface area contributed by atoms with E-state index in [1.54, 1.807) is 0 Å². The van der Waals surface area contributed by atoms with Gasteiger partial charge in [-0.2, -0.15) is 0 Å². The minimum Gasteiger partial charge on any atom is -0.489 e. The monoisotopic (exact) mass is 866 g/mol. The highest BCUT2D eigenvalue weighted by molar-refractivity contribution is 5.49. The van der Waals surface area contributed by atoms with E-state index in [-0.39, 0.29) is 0 Å². The van der Waals surface area contributed by atoms with Gasteiger partial charge in [-0.3, -0.25) is 0 Å². The van der Waals surface area contributed by atoms with E-state index in [1.807, 2.05) is 18.2 Å². The first kappa shape index (κ1) is 44.4.